The fourth-order valence-corrected chi connectivity index (χ4v) is 2.75. The zero-order chi connectivity index (χ0) is 16.4. The number of ether oxygens (including phenoxy) is 1. The van der Waals surface area contributed by atoms with Gasteiger partial charge in [0.05, 0.1) is 13.2 Å². The van der Waals surface area contributed by atoms with Crippen molar-refractivity contribution >= 4 is 11.7 Å². The molecule has 0 saturated carbocycles. The second-order valence-electron chi connectivity index (χ2n) is 5.78. The number of methoxy groups -OCH3 is 1. The standard InChI is InChI=1S/C17H29NO4/c1-3-4-5-6-7-8-9-10-14(22-2)15-16(20)13(11-12-19)18-17(15)21/h13,19H,3-12H2,1-2H3,(H,18,21)/b15-14-/t13-/m0/s1. The Morgan fingerprint density at radius 3 is 2.36 bits per heavy atom. The SMILES string of the molecule is CCCCCCCCC/C(OC)=C1/C(=O)N[C@@H](CCO)C1=O. The molecule has 0 radical (unpaired) electrons. The van der Waals surface area contributed by atoms with Gasteiger partial charge in [0.25, 0.3) is 5.91 Å². The van der Waals surface area contributed by atoms with E-state index in [1.165, 1.54) is 39.2 Å². The number of ketones is 1. The first kappa shape index (κ1) is 18.7. The van der Waals surface area contributed by atoms with E-state index in [-0.39, 0.29) is 30.3 Å². The summed E-state index contributed by atoms with van der Waals surface area (Å²) in [4.78, 5) is 24.1. The fourth-order valence-electron chi connectivity index (χ4n) is 2.75. The van der Waals surface area contributed by atoms with Crippen LogP contribution in [0, 0.1) is 0 Å². The van der Waals surface area contributed by atoms with Crippen molar-refractivity contribution in [1.82, 2.24) is 5.32 Å². The maximum atomic E-state index is 12.2. The number of hydrogen-bond acceptors (Lipinski definition) is 4. The van der Waals surface area contributed by atoms with Crippen molar-refractivity contribution in [3.63, 3.8) is 0 Å². The Morgan fingerprint density at radius 1 is 1.14 bits per heavy atom. The highest BCUT2D eigenvalue weighted by atomic mass is 16.5. The van der Waals surface area contributed by atoms with Gasteiger partial charge in [0.1, 0.15) is 11.3 Å². The Balaban J connectivity index is 2.48. The molecule has 5 heteroatoms. The van der Waals surface area contributed by atoms with Gasteiger partial charge < -0.3 is 15.2 Å². The number of nitrogens with one attached hydrogen (secondary N) is 1. The summed E-state index contributed by atoms with van der Waals surface area (Å²) in [6, 6.07) is -0.605. The second kappa shape index (κ2) is 10.4. The van der Waals surface area contributed by atoms with Crippen molar-refractivity contribution in [2.45, 2.75) is 70.8 Å². The number of carbonyl (C=O) groups excluding carboxylic acids is 2. The number of allylic oxidation sites excluding steroid dienone is 1. The molecule has 1 fully saturated rings. The number of unbranched alkanes of at least 4 members (excludes halogenated alkanes) is 6. The fraction of sp³-hybridized carbons (Fsp3) is 0.765. The topological polar surface area (TPSA) is 75.6 Å². The lowest BCUT2D eigenvalue weighted by Gasteiger charge is -2.08. The highest BCUT2D eigenvalue weighted by Crippen LogP contribution is 2.22. The smallest absolute Gasteiger partial charge is 0.259 e. The third-order valence-electron chi connectivity index (χ3n) is 4.05. The van der Waals surface area contributed by atoms with E-state index >= 15 is 0 Å². The molecular weight excluding hydrogens is 282 g/mol. The summed E-state index contributed by atoms with van der Waals surface area (Å²) < 4.78 is 5.28. The molecule has 0 aromatic carbocycles. The number of Topliss-reactive ketones (excluding diaryl/α,β-unsaturated/α-hetero) is 1. The van der Waals surface area contributed by atoms with Crippen molar-refractivity contribution in [2.75, 3.05) is 13.7 Å². The first-order chi connectivity index (χ1) is 10.7. The molecule has 1 rings (SSSR count). The Bertz CT molecular complexity index is 403. The first-order valence-corrected chi connectivity index (χ1v) is 8.38. The largest absolute Gasteiger partial charge is 0.500 e. The van der Waals surface area contributed by atoms with E-state index in [1.54, 1.807) is 0 Å². The molecule has 1 heterocycles. The van der Waals surface area contributed by atoms with Crippen molar-refractivity contribution < 1.29 is 19.4 Å². The van der Waals surface area contributed by atoms with Gasteiger partial charge in [-0.25, -0.2) is 0 Å². The molecule has 0 spiro atoms. The van der Waals surface area contributed by atoms with E-state index < -0.39 is 6.04 Å². The number of amides is 1. The third-order valence-corrected chi connectivity index (χ3v) is 4.05. The van der Waals surface area contributed by atoms with Crippen molar-refractivity contribution in [3.8, 4) is 0 Å². The maximum absolute atomic E-state index is 12.2. The molecule has 1 amide bonds. The van der Waals surface area contributed by atoms with Gasteiger partial charge in [0.2, 0.25) is 0 Å². The van der Waals surface area contributed by atoms with Crippen LogP contribution in [0.1, 0.15) is 64.7 Å². The van der Waals surface area contributed by atoms with Crippen LogP contribution in [-0.2, 0) is 14.3 Å². The van der Waals surface area contributed by atoms with Crippen LogP contribution in [-0.4, -0.2) is 36.6 Å². The van der Waals surface area contributed by atoms with E-state index in [4.69, 9.17) is 9.84 Å². The van der Waals surface area contributed by atoms with Crippen LogP contribution >= 0.6 is 0 Å². The van der Waals surface area contributed by atoms with Crippen molar-refractivity contribution in [1.29, 1.82) is 0 Å². The zero-order valence-electron chi connectivity index (χ0n) is 13.8. The molecule has 0 unspecified atom stereocenters. The average Bonchev–Trinajstić information content (AvgIpc) is 2.78. The molecule has 126 valence electrons. The molecule has 1 aliphatic heterocycles. The highest BCUT2D eigenvalue weighted by molar-refractivity contribution is 6.26. The van der Waals surface area contributed by atoms with E-state index in [0.717, 1.165) is 12.8 Å². The monoisotopic (exact) mass is 311 g/mol. The Hall–Kier alpha value is -1.36. The number of hydrogen-bond donors (Lipinski definition) is 2. The van der Waals surface area contributed by atoms with Gasteiger partial charge >= 0.3 is 0 Å². The van der Waals surface area contributed by atoms with Gasteiger partial charge in [-0.15, -0.1) is 0 Å². The summed E-state index contributed by atoms with van der Waals surface area (Å²) in [5.74, 6) is -0.140. The Kier molecular flexibility index (Phi) is 8.82. The summed E-state index contributed by atoms with van der Waals surface area (Å²) in [7, 11) is 1.50. The van der Waals surface area contributed by atoms with E-state index in [1.807, 2.05) is 0 Å². The molecular formula is C17H29NO4. The molecule has 0 aromatic rings. The summed E-state index contributed by atoms with van der Waals surface area (Å²) in [6.07, 6.45) is 9.10. The number of rotatable bonds is 11. The number of aliphatic hydroxyl groups is 1. The molecule has 0 aromatic heterocycles. The molecule has 1 saturated heterocycles. The minimum absolute atomic E-state index is 0.121. The van der Waals surface area contributed by atoms with Crippen LogP contribution < -0.4 is 5.32 Å². The predicted molar refractivity (Wildman–Crippen MR) is 85.3 cm³/mol. The summed E-state index contributed by atoms with van der Waals surface area (Å²) in [6.45, 7) is 2.08. The van der Waals surface area contributed by atoms with Crippen molar-refractivity contribution in [2.24, 2.45) is 0 Å². The number of carbonyl (C=O) groups is 2. The van der Waals surface area contributed by atoms with Gasteiger partial charge in [0.15, 0.2) is 5.78 Å². The van der Waals surface area contributed by atoms with Gasteiger partial charge in [-0.1, -0.05) is 45.4 Å². The first-order valence-electron chi connectivity index (χ1n) is 8.38. The van der Waals surface area contributed by atoms with Gasteiger partial charge in [0, 0.05) is 13.0 Å². The van der Waals surface area contributed by atoms with E-state index in [0.29, 0.717) is 12.2 Å². The van der Waals surface area contributed by atoms with E-state index in [2.05, 4.69) is 12.2 Å². The molecule has 2 N–H and O–H groups in total. The van der Waals surface area contributed by atoms with Gasteiger partial charge in [-0.2, -0.15) is 0 Å². The van der Waals surface area contributed by atoms with Crippen LogP contribution in [0.4, 0.5) is 0 Å². The molecule has 5 nitrogen and oxygen atoms in total. The maximum Gasteiger partial charge on any atom is 0.259 e. The van der Waals surface area contributed by atoms with Crippen LogP contribution in [0.2, 0.25) is 0 Å². The Labute approximate surface area is 133 Å². The lowest BCUT2D eigenvalue weighted by atomic mass is 10.0. The van der Waals surface area contributed by atoms with E-state index in [9.17, 15) is 9.59 Å². The minimum atomic E-state index is -0.605. The average molecular weight is 311 g/mol. The normalized spacial score (nSPS) is 20.2. The third kappa shape index (κ3) is 5.44. The lowest BCUT2D eigenvalue weighted by Crippen LogP contribution is -2.29. The second-order valence-corrected chi connectivity index (χ2v) is 5.78. The molecule has 1 aliphatic rings. The minimum Gasteiger partial charge on any atom is -0.500 e. The lowest BCUT2D eigenvalue weighted by molar-refractivity contribution is -0.117. The van der Waals surface area contributed by atoms with Crippen LogP contribution in [0.5, 0.6) is 0 Å². The zero-order valence-corrected chi connectivity index (χ0v) is 13.8. The molecule has 0 bridgehead atoms. The predicted octanol–water partition coefficient (Wildman–Crippen LogP) is 2.48. The summed E-state index contributed by atoms with van der Waals surface area (Å²) in [5, 5.41) is 11.5. The quantitative estimate of drug-likeness (QED) is 0.266. The molecule has 0 aliphatic carbocycles. The van der Waals surface area contributed by atoms with Gasteiger partial charge in [-0.05, 0) is 12.8 Å². The summed E-state index contributed by atoms with van der Waals surface area (Å²) in [5.41, 5.74) is 0.145. The van der Waals surface area contributed by atoms with Crippen LogP contribution in [0.3, 0.4) is 0 Å². The highest BCUT2D eigenvalue weighted by Gasteiger charge is 2.37. The van der Waals surface area contributed by atoms with Gasteiger partial charge in [-0.3, -0.25) is 9.59 Å². The van der Waals surface area contributed by atoms with Crippen LogP contribution in [0.15, 0.2) is 11.3 Å². The molecule has 22 heavy (non-hydrogen) atoms. The summed E-state index contributed by atoms with van der Waals surface area (Å²) >= 11 is 0. The van der Waals surface area contributed by atoms with Crippen LogP contribution in [0.25, 0.3) is 0 Å². The number of aliphatic hydroxyl groups excluding tert-OH is 1. The molecule has 1 atom stereocenters. The van der Waals surface area contributed by atoms with Crippen molar-refractivity contribution in [3.05, 3.63) is 11.3 Å². The Morgan fingerprint density at radius 2 is 1.77 bits per heavy atom.